The third-order valence-electron chi connectivity index (χ3n) is 13.1. The van der Waals surface area contributed by atoms with Crippen LogP contribution < -0.4 is 0 Å². The number of ketones is 1. The second-order valence-electron chi connectivity index (χ2n) is 17.9. The average molecular weight is 697 g/mol. The fraction of sp³-hybridized carbons (Fsp3) is 0.950. The van der Waals surface area contributed by atoms with Crippen LogP contribution in [0.3, 0.4) is 0 Å². The lowest BCUT2D eigenvalue weighted by molar-refractivity contribution is -0.293. The van der Waals surface area contributed by atoms with Crippen molar-refractivity contribution in [1.82, 2.24) is 0 Å². The minimum Gasteiger partial charge on any atom is -0.459 e. The molecule has 0 aromatic heterocycles. The Labute approximate surface area is 297 Å². The number of aliphatic hydroxyl groups is 2. The molecule has 3 rings (SSSR count). The van der Waals surface area contributed by atoms with Crippen molar-refractivity contribution >= 4 is 11.8 Å². The summed E-state index contributed by atoms with van der Waals surface area (Å²) in [4.78, 5) is 28.2. The van der Waals surface area contributed by atoms with Crippen LogP contribution in [-0.4, -0.2) is 76.8 Å². The van der Waals surface area contributed by atoms with Crippen LogP contribution in [0.5, 0.6) is 0 Å². The number of ether oxygens (including phenoxy) is 5. The van der Waals surface area contributed by atoms with Crippen molar-refractivity contribution in [2.24, 2.45) is 52.3 Å². The number of cyclic esters (lactones) is 1. The first-order chi connectivity index (χ1) is 22.5. The molecule has 9 heteroatoms. The number of aliphatic hydroxyl groups excluding tert-OH is 1. The van der Waals surface area contributed by atoms with Crippen LogP contribution in [0.1, 0.15) is 136 Å². The van der Waals surface area contributed by atoms with E-state index in [4.69, 9.17) is 23.7 Å². The summed E-state index contributed by atoms with van der Waals surface area (Å²) in [6.07, 6.45) is -2.27. The predicted octanol–water partition coefficient (Wildman–Crippen LogP) is 7.33. The van der Waals surface area contributed by atoms with Gasteiger partial charge in [0.1, 0.15) is 17.5 Å². The van der Waals surface area contributed by atoms with Gasteiger partial charge in [-0.05, 0) is 69.1 Å². The van der Waals surface area contributed by atoms with E-state index in [1.165, 1.54) is 0 Å². The number of Topliss-reactive ketones (excluding diaryl/α,β-unsaturated/α-hetero) is 1. The molecule has 2 N–H and O–H groups in total. The minimum atomic E-state index is -1.81. The molecule has 3 saturated heterocycles. The van der Waals surface area contributed by atoms with E-state index < -0.39 is 71.7 Å². The maximum atomic E-state index is 14.2. The van der Waals surface area contributed by atoms with Gasteiger partial charge in [0.25, 0.3) is 0 Å². The summed E-state index contributed by atoms with van der Waals surface area (Å²) in [5.41, 5.74) is -2.46. The van der Waals surface area contributed by atoms with Gasteiger partial charge < -0.3 is 33.9 Å². The number of carbonyl (C=O) groups is 2. The Morgan fingerprint density at radius 2 is 1.43 bits per heavy atom. The molecule has 2 unspecified atom stereocenters. The molecule has 3 aliphatic heterocycles. The third-order valence-corrected chi connectivity index (χ3v) is 13.1. The fourth-order valence-corrected chi connectivity index (χ4v) is 9.11. The number of hydrogen-bond acceptors (Lipinski definition) is 9. The summed E-state index contributed by atoms with van der Waals surface area (Å²) in [6, 6.07) is 0. The van der Waals surface area contributed by atoms with E-state index in [0.29, 0.717) is 24.7 Å². The van der Waals surface area contributed by atoms with Crippen molar-refractivity contribution in [3.05, 3.63) is 0 Å². The first kappa shape index (κ1) is 42.3. The summed E-state index contributed by atoms with van der Waals surface area (Å²) in [7, 11) is 0. The molecule has 0 spiro atoms. The Morgan fingerprint density at radius 3 is 1.98 bits per heavy atom. The highest BCUT2D eigenvalue weighted by Gasteiger charge is 2.52. The van der Waals surface area contributed by atoms with E-state index in [0.717, 1.165) is 6.42 Å². The van der Waals surface area contributed by atoms with Gasteiger partial charge in [0.15, 0.2) is 12.6 Å². The first-order valence-electron chi connectivity index (χ1n) is 19.3. The van der Waals surface area contributed by atoms with Crippen molar-refractivity contribution in [2.45, 2.75) is 191 Å². The monoisotopic (exact) mass is 697 g/mol. The van der Waals surface area contributed by atoms with E-state index in [9.17, 15) is 19.8 Å². The highest BCUT2D eigenvalue weighted by molar-refractivity contribution is 5.83. The maximum Gasteiger partial charge on any atom is 0.311 e. The minimum absolute atomic E-state index is 0.0292. The fourth-order valence-electron chi connectivity index (χ4n) is 9.11. The molecule has 0 bridgehead atoms. The summed E-state index contributed by atoms with van der Waals surface area (Å²) in [5.74, 6) is -2.32. The number of hydrogen-bond donors (Lipinski definition) is 2. The van der Waals surface area contributed by atoms with Gasteiger partial charge in [-0.1, -0.05) is 83.1 Å². The van der Waals surface area contributed by atoms with Crippen LogP contribution in [0.15, 0.2) is 0 Å². The largest absolute Gasteiger partial charge is 0.459 e. The maximum absolute atomic E-state index is 14.2. The van der Waals surface area contributed by atoms with Gasteiger partial charge in [-0.3, -0.25) is 9.59 Å². The number of rotatable bonds is 6. The van der Waals surface area contributed by atoms with Crippen LogP contribution in [0, 0.1) is 52.3 Å². The van der Waals surface area contributed by atoms with Gasteiger partial charge in [0.05, 0.1) is 36.4 Å². The van der Waals surface area contributed by atoms with Crippen molar-refractivity contribution in [3.8, 4) is 0 Å². The molecule has 0 aliphatic carbocycles. The summed E-state index contributed by atoms with van der Waals surface area (Å²) in [5, 5.41) is 23.5. The van der Waals surface area contributed by atoms with Gasteiger partial charge in [-0.2, -0.15) is 0 Å². The van der Waals surface area contributed by atoms with Crippen molar-refractivity contribution in [2.75, 3.05) is 0 Å². The number of esters is 1. The van der Waals surface area contributed by atoms with Gasteiger partial charge in [0.2, 0.25) is 0 Å². The Bertz CT molecular complexity index is 1110. The molecule has 0 aromatic carbocycles. The standard InChI is InChI=1S/C40H72O9/c1-16-30-40(44,17-2)34(42)25(7)32(41)22(4)19-39(14,15)35(49-37-24(6)21(3)18-23(5)45-37)26(8)33(27(9)36(43)47-30)48-31-20-38(12,13)28(10)29(11)46-31/h21-31,33-35,37,42,44H,16-20H2,1-15H3/t21-,22+,23+,24+,25-,26-,27+,28-,29-,30+,31?,33-,34+,35+,37?,40+/m0/s1. The van der Waals surface area contributed by atoms with E-state index in [-0.39, 0.29) is 48.1 Å². The molecule has 0 saturated carbocycles. The van der Waals surface area contributed by atoms with Gasteiger partial charge in [-0.15, -0.1) is 0 Å². The SMILES string of the molecule is CC[C@H]1OC(=O)[C@H](C)[C@@H](OC2CC(C)(C)[C@@H](C)[C@H](C)O2)[C@H](C)[C@@H](OC2O[C@H](C)C[C@H](C)[C@H]2C)C(C)(C)C[C@@H](C)C(=O)[C@H](C)[C@@H](O)[C@@]1(O)CC. The van der Waals surface area contributed by atoms with Crippen LogP contribution in [-0.2, 0) is 33.3 Å². The second kappa shape index (κ2) is 16.3. The molecule has 49 heavy (non-hydrogen) atoms. The Kier molecular flexibility index (Phi) is 14.1. The van der Waals surface area contributed by atoms with E-state index in [2.05, 4.69) is 69.2 Å². The van der Waals surface area contributed by atoms with E-state index >= 15 is 0 Å². The lowest BCUT2D eigenvalue weighted by atomic mass is 9.69. The van der Waals surface area contributed by atoms with Crippen molar-refractivity contribution < 1.29 is 43.5 Å². The highest BCUT2D eigenvalue weighted by atomic mass is 16.7. The summed E-state index contributed by atoms with van der Waals surface area (Å²) in [6.45, 7) is 30.4. The van der Waals surface area contributed by atoms with Crippen LogP contribution in [0.2, 0.25) is 0 Å². The Morgan fingerprint density at radius 1 is 0.816 bits per heavy atom. The molecule has 0 amide bonds. The molecule has 3 fully saturated rings. The molecule has 9 nitrogen and oxygen atoms in total. The van der Waals surface area contributed by atoms with Crippen molar-refractivity contribution in [1.29, 1.82) is 0 Å². The van der Waals surface area contributed by atoms with Gasteiger partial charge in [-0.25, -0.2) is 0 Å². The van der Waals surface area contributed by atoms with E-state index in [1.807, 2.05) is 20.8 Å². The normalized spacial score (nSPS) is 47.2. The number of carbonyl (C=O) groups excluding carboxylic acids is 2. The topological polar surface area (TPSA) is 121 Å². The molecule has 0 aromatic rings. The first-order valence-corrected chi connectivity index (χ1v) is 19.3. The molecule has 286 valence electrons. The smallest absolute Gasteiger partial charge is 0.311 e. The van der Waals surface area contributed by atoms with Crippen LogP contribution in [0.4, 0.5) is 0 Å². The zero-order valence-electron chi connectivity index (χ0n) is 33.4. The van der Waals surface area contributed by atoms with Crippen LogP contribution >= 0.6 is 0 Å². The van der Waals surface area contributed by atoms with Crippen LogP contribution in [0.25, 0.3) is 0 Å². The second-order valence-corrected chi connectivity index (χ2v) is 17.9. The summed E-state index contributed by atoms with van der Waals surface area (Å²) < 4.78 is 33.0. The molecule has 3 heterocycles. The average Bonchev–Trinajstić information content (AvgIpc) is 3.02. The predicted molar refractivity (Wildman–Crippen MR) is 190 cm³/mol. The lowest BCUT2D eigenvalue weighted by Crippen LogP contribution is -2.58. The molecular formula is C40H72O9. The molecule has 16 atom stereocenters. The Hall–Kier alpha value is -1.10. The third kappa shape index (κ3) is 9.11. The van der Waals surface area contributed by atoms with Crippen molar-refractivity contribution in [3.63, 3.8) is 0 Å². The molecular weight excluding hydrogens is 624 g/mol. The quantitative estimate of drug-likeness (QED) is 0.275. The highest BCUT2D eigenvalue weighted by Crippen LogP contribution is 2.46. The zero-order valence-corrected chi connectivity index (χ0v) is 33.4. The zero-order chi connectivity index (χ0) is 37.4. The van der Waals surface area contributed by atoms with Gasteiger partial charge >= 0.3 is 5.97 Å². The van der Waals surface area contributed by atoms with Gasteiger partial charge in [0, 0.05) is 30.1 Å². The van der Waals surface area contributed by atoms with E-state index in [1.54, 1.807) is 13.8 Å². The molecule has 3 aliphatic rings. The Balaban J connectivity index is 2.17. The molecule has 0 radical (unpaired) electrons. The lowest BCUT2D eigenvalue weighted by Gasteiger charge is -2.49. The summed E-state index contributed by atoms with van der Waals surface area (Å²) >= 11 is 0.